The minimum absolute atomic E-state index is 0.299. The molecule has 152 valence electrons. The van der Waals surface area contributed by atoms with E-state index in [0.29, 0.717) is 24.4 Å². The summed E-state index contributed by atoms with van der Waals surface area (Å²) in [7, 11) is 1.87. The average molecular weight is 384 g/mol. The monoisotopic (exact) mass is 383 g/mol. The van der Waals surface area contributed by atoms with Crippen LogP contribution in [0.2, 0.25) is 0 Å². The maximum absolute atomic E-state index is 12.4. The van der Waals surface area contributed by atoms with E-state index in [9.17, 15) is 4.79 Å². The fourth-order valence-corrected chi connectivity index (χ4v) is 4.54. The van der Waals surface area contributed by atoms with Gasteiger partial charge >= 0.3 is 0 Å². The third kappa shape index (κ3) is 4.32. The minimum Gasteiger partial charge on any atom is -0.353 e. The van der Waals surface area contributed by atoms with Crippen LogP contribution in [0.15, 0.2) is 29.3 Å². The summed E-state index contributed by atoms with van der Waals surface area (Å²) in [6, 6.07) is 9.17. The Balaban J connectivity index is 1.24. The van der Waals surface area contributed by atoms with Crippen molar-refractivity contribution in [3.63, 3.8) is 0 Å². The number of guanidine groups is 1. The molecule has 4 rings (SSSR count). The molecule has 0 spiro atoms. The van der Waals surface area contributed by atoms with Crippen LogP contribution in [0, 0.1) is 6.92 Å². The first-order valence-corrected chi connectivity index (χ1v) is 10.7. The molecule has 3 aliphatic rings. The van der Waals surface area contributed by atoms with Crippen LogP contribution in [0.5, 0.6) is 0 Å². The summed E-state index contributed by atoms with van der Waals surface area (Å²) in [6.45, 7) is 8.35. The zero-order chi connectivity index (χ0) is 19.5. The van der Waals surface area contributed by atoms with E-state index in [1.807, 2.05) is 11.9 Å². The van der Waals surface area contributed by atoms with Crippen molar-refractivity contribution in [3.8, 4) is 0 Å². The van der Waals surface area contributed by atoms with Crippen LogP contribution in [-0.4, -0.2) is 85.5 Å². The molecule has 6 heteroatoms. The predicted octanol–water partition coefficient (Wildman–Crippen LogP) is 1.67. The van der Waals surface area contributed by atoms with Gasteiger partial charge in [-0.3, -0.25) is 14.7 Å². The Kier molecular flexibility index (Phi) is 5.85. The van der Waals surface area contributed by atoms with Crippen LogP contribution in [-0.2, 0) is 4.79 Å². The average Bonchev–Trinajstić information content (AvgIpc) is 3.24. The highest BCUT2D eigenvalue weighted by Crippen LogP contribution is 2.42. The number of aliphatic imine (C=N–C) groups is 1. The van der Waals surface area contributed by atoms with Crippen molar-refractivity contribution in [2.45, 2.75) is 38.1 Å². The van der Waals surface area contributed by atoms with E-state index in [0.717, 1.165) is 58.1 Å². The summed E-state index contributed by atoms with van der Waals surface area (Å²) in [6.07, 6.45) is 3.49. The van der Waals surface area contributed by atoms with E-state index in [1.54, 1.807) is 0 Å². The van der Waals surface area contributed by atoms with Crippen molar-refractivity contribution >= 4 is 11.9 Å². The molecule has 2 atom stereocenters. The van der Waals surface area contributed by atoms with Crippen LogP contribution >= 0.6 is 0 Å². The maximum atomic E-state index is 12.4. The Morgan fingerprint density at radius 1 is 1.07 bits per heavy atom. The van der Waals surface area contributed by atoms with Gasteiger partial charge in [0, 0.05) is 58.3 Å². The highest BCUT2D eigenvalue weighted by molar-refractivity contribution is 5.81. The topological polar surface area (TPSA) is 51.2 Å². The lowest BCUT2D eigenvalue weighted by atomic mass is 10.0. The predicted molar refractivity (Wildman–Crippen MR) is 113 cm³/mol. The molecule has 0 bridgehead atoms. The Morgan fingerprint density at radius 3 is 2.46 bits per heavy atom. The van der Waals surface area contributed by atoms with Crippen molar-refractivity contribution < 1.29 is 4.79 Å². The number of nitrogens with one attached hydrogen (secondary N) is 1. The molecule has 0 radical (unpaired) electrons. The highest BCUT2D eigenvalue weighted by atomic mass is 16.2. The van der Waals surface area contributed by atoms with Gasteiger partial charge in [-0.15, -0.1) is 0 Å². The third-order valence-corrected chi connectivity index (χ3v) is 6.39. The Morgan fingerprint density at radius 2 is 1.79 bits per heavy atom. The first-order valence-electron chi connectivity index (χ1n) is 10.7. The Bertz CT molecular complexity index is 719. The van der Waals surface area contributed by atoms with Crippen molar-refractivity contribution in [1.82, 2.24) is 20.0 Å². The van der Waals surface area contributed by atoms with Crippen LogP contribution in [0.25, 0.3) is 0 Å². The zero-order valence-electron chi connectivity index (χ0n) is 17.2. The van der Waals surface area contributed by atoms with Crippen molar-refractivity contribution in [3.05, 3.63) is 35.4 Å². The SMILES string of the molecule is CN=C(NC1CC1c1ccccc1C)N1CCN(CC(=O)N2CCCC2)CC1. The molecule has 1 saturated carbocycles. The molecule has 2 saturated heterocycles. The Hall–Kier alpha value is -2.08. The van der Waals surface area contributed by atoms with E-state index in [-0.39, 0.29) is 0 Å². The second-order valence-corrected chi connectivity index (χ2v) is 8.35. The lowest BCUT2D eigenvalue weighted by molar-refractivity contribution is -0.131. The van der Waals surface area contributed by atoms with E-state index in [4.69, 9.17) is 0 Å². The molecule has 2 unspecified atom stereocenters. The summed E-state index contributed by atoms with van der Waals surface area (Å²) < 4.78 is 0. The van der Waals surface area contributed by atoms with Crippen molar-refractivity contribution in [2.75, 3.05) is 52.9 Å². The van der Waals surface area contributed by atoms with Gasteiger partial charge in [0.05, 0.1) is 6.54 Å². The molecule has 1 aromatic carbocycles. The standard InChI is InChI=1S/C22H33N5O/c1-17-7-3-4-8-18(17)19-15-20(19)24-22(23-2)27-13-11-25(12-14-27)16-21(28)26-9-5-6-10-26/h3-4,7-8,19-20H,5-6,9-16H2,1-2H3,(H,23,24). The van der Waals surface area contributed by atoms with E-state index in [2.05, 4.69) is 51.3 Å². The van der Waals surface area contributed by atoms with Crippen molar-refractivity contribution in [2.24, 2.45) is 4.99 Å². The number of likely N-dealkylation sites (tertiary alicyclic amines) is 1. The highest BCUT2D eigenvalue weighted by Gasteiger charge is 2.40. The molecule has 1 aliphatic carbocycles. The lowest BCUT2D eigenvalue weighted by Gasteiger charge is -2.36. The van der Waals surface area contributed by atoms with Gasteiger partial charge in [-0.25, -0.2) is 0 Å². The number of benzene rings is 1. The maximum Gasteiger partial charge on any atom is 0.236 e. The number of aryl methyl sites for hydroxylation is 1. The van der Waals surface area contributed by atoms with Gasteiger partial charge in [0.1, 0.15) is 0 Å². The van der Waals surface area contributed by atoms with Gasteiger partial charge in [-0.2, -0.15) is 0 Å². The first kappa shape index (κ1) is 19.2. The molecule has 6 nitrogen and oxygen atoms in total. The summed E-state index contributed by atoms with van der Waals surface area (Å²) >= 11 is 0. The molecule has 3 fully saturated rings. The molecule has 2 aliphatic heterocycles. The van der Waals surface area contributed by atoms with Gasteiger partial charge in [0.25, 0.3) is 0 Å². The number of carbonyl (C=O) groups is 1. The van der Waals surface area contributed by atoms with Gasteiger partial charge in [-0.1, -0.05) is 24.3 Å². The van der Waals surface area contributed by atoms with Crippen LogP contribution < -0.4 is 5.32 Å². The van der Waals surface area contributed by atoms with Crippen LogP contribution in [0.4, 0.5) is 0 Å². The van der Waals surface area contributed by atoms with Gasteiger partial charge in [0.2, 0.25) is 5.91 Å². The van der Waals surface area contributed by atoms with Gasteiger partial charge in [-0.05, 0) is 37.3 Å². The molecule has 2 heterocycles. The fraction of sp³-hybridized carbons (Fsp3) is 0.636. The van der Waals surface area contributed by atoms with Crippen LogP contribution in [0.1, 0.15) is 36.3 Å². The number of hydrogen-bond donors (Lipinski definition) is 1. The number of carbonyl (C=O) groups excluding carboxylic acids is 1. The fourth-order valence-electron chi connectivity index (χ4n) is 4.54. The normalized spacial score (nSPS) is 25.9. The summed E-state index contributed by atoms with van der Waals surface area (Å²) in [5.74, 6) is 1.90. The number of amides is 1. The van der Waals surface area contributed by atoms with Crippen molar-refractivity contribution in [1.29, 1.82) is 0 Å². The van der Waals surface area contributed by atoms with Gasteiger partial charge in [0.15, 0.2) is 5.96 Å². The molecule has 0 aromatic heterocycles. The lowest BCUT2D eigenvalue weighted by Crippen LogP contribution is -2.54. The van der Waals surface area contributed by atoms with Gasteiger partial charge < -0.3 is 15.1 Å². The zero-order valence-corrected chi connectivity index (χ0v) is 17.2. The number of rotatable bonds is 4. The molecular weight excluding hydrogens is 350 g/mol. The number of hydrogen-bond acceptors (Lipinski definition) is 3. The summed E-state index contributed by atoms with van der Waals surface area (Å²) in [4.78, 5) is 23.5. The molecule has 28 heavy (non-hydrogen) atoms. The summed E-state index contributed by atoms with van der Waals surface area (Å²) in [5, 5.41) is 3.67. The quantitative estimate of drug-likeness (QED) is 0.635. The second kappa shape index (κ2) is 8.52. The number of piperazine rings is 1. The molecular formula is C22H33N5O. The minimum atomic E-state index is 0.299. The number of nitrogens with zero attached hydrogens (tertiary/aromatic N) is 4. The Labute approximate surface area is 168 Å². The molecule has 1 amide bonds. The van der Waals surface area contributed by atoms with E-state index >= 15 is 0 Å². The van der Waals surface area contributed by atoms with E-state index in [1.165, 1.54) is 17.5 Å². The summed E-state index contributed by atoms with van der Waals surface area (Å²) in [5.41, 5.74) is 2.84. The van der Waals surface area contributed by atoms with Crippen LogP contribution in [0.3, 0.4) is 0 Å². The second-order valence-electron chi connectivity index (χ2n) is 8.35. The smallest absolute Gasteiger partial charge is 0.236 e. The first-order chi connectivity index (χ1) is 13.7. The molecule has 1 N–H and O–H groups in total. The largest absolute Gasteiger partial charge is 0.353 e. The third-order valence-electron chi connectivity index (χ3n) is 6.39. The molecule has 1 aromatic rings. The van der Waals surface area contributed by atoms with E-state index < -0.39 is 0 Å².